The summed E-state index contributed by atoms with van der Waals surface area (Å²) in [6.07, 6.45) is 11.0. The molecule has 0 aromatic carbocycles. The Hall–Kier alpha value is -2.31. The Balaban J connectivity index is 1.51. The van der Waals surface area contributed by atoms with Gasteiger partial charge in [0.15, 0.2) is 0 Å². The van der Waals surface area contributed by atoms with Crippen molar-refractivity contribution in [2.45, 2.75) is 51.6 Å². The molecule has 1 atom stereocenters. The number of anilines is 1. The normalized spacial score (nSPS) is 21.0. The summed E-state index contributed by atoms with van der Waals surface area (Å²) in [5.41, 5.74) is 1.01. The van der Waals surface area contributed by atoms with Crippen molar-refractivity contribution in [2.75, 3.05) is 11.9 Å². The standard InChI is InChI=1S/C17H24N6O/c1-12-10-20-23(11-13-5-6-13)16(12)21-17(24)22-9-3-2-4-14(22)15-18-7-8-19-15/h7-8,10,13-14H,2-6,9,11H2,1H3,(H,18,19)(H,21,24). The van der Waals surface area contributed by atoms with E-state index in [1.54, 1.807) is 6.20 Å². The van der Waals surface area contributed by atoms with Crippen LogP contribution >= 0.6 is 0 Å². The van der Waals surface area contributed by atoms with Crippen molar-refractivity contribution in [3.8, 4) is 0 Å². The molecule has 4 rings (SSSR count). The monoisotopic (exact) mass is 328 g/mol. The van der Waals surface area contributed by atoms with Crippen LogP contribution in [0, 0.1) is 12.8 Å². The summed E-state index contributed by atoms with van der Waals surface area (Å²) in [5, 5.41) is 7.53. The molecule has 0 bridgehead atoms. The van der Waals surface area contributed by atoms with E-state index in [2.05, 4.69) is 20.4 Å². The molecule has 128 valence electrons. The fraction of sp³-hybridized carbons (Fsp3) is 0.588. The number of piperidine rings is 1. The van der Waals surface area contributed by atoms with Crippen LogP contribution in [0.4, 0.5) is 10.6 Å². The molecule has 1 unspecified atom stereocenters. The summed E-state index contributed by atoms with van der Waals surface area (Å²) >= 11 is 0. The molecule has 1 saturated carbocycles. The van der Waals surface area contributed by atoms with E-state index >= 15 is 0 Å². The summed E-state index contributed by atoms with van der Waals surface area (Å²) in [5.74, 6) is 2.41. The lowest BCUT2D eigenvalue weighted by molar-refractivity contribution is 0.159. The molecular formula is C17H24N6O. The Morgan fingerprint density at radius 3 is 3.00 bits per heavy atom. The first-order chi connectivity index (χ1) is 11.7. The fourth-order valence-electron chi connectivity index (χ4n) is 3.42. The SMILES string of the molecule is Cc1cnn(CC2CC2)c1NC(=O)N1CCCCC1c1ncc[nH]1. The number of nitrogens with zero attached hydrogens (tertiary/aromatic N) is 4. The number of likely N-dealkylation sites (tertiary alicyclic amines) is 1. The van der Waals surface area contributed by atoms with Crippen molar-refractivity contribution >= 4 is 11.8 Å². The third-order valence-corrected chi connectivity index (χ3v) is 4.97. The van der Waals surface area contributed by atoms with Crippen LogP contribution in [-0.2, 0) is 6.54 Å². The van der Waals surface area contributed by atoms with Gasteiger partial charge in [-0.15, -0.1) is 0 Å². The maximum atomic E-state index is 12.9. The molecule has 0 spiro atoms. The zero-order valence-corrected chi connectivity index (χ0v) is 14.0. The van der Waals surface area contributed by atoms with Crippen LogP contribution in [0.25, 0.3) is 0 Å². The molecule has 2 fully saturated rings. The van der Waals surface area contributed by atoms with Crippen molar-refractivity contribution in [3.63, 3.8) is 0 Å². The highest BCUT2D eigenvalue weighted by Gasteiger charge is 2.31. The highest BCUT2D eigenvalue weighted by atomic mass is 16.2. The van der Waals surface area contributed by atoms with Gasteiger partial charge in [0, 0.05) is 31.0 Å². The number of carbonyl (C=O) groups excluding carboxylic acids is 1. The minimum Gasteiger partial charge on any atom is -0.347 e. The average molecular weight is 328 g/mol. The second-order valence-corrected chi connectivity index (χ2v) is 6.91. The van der Waals surface area contributed by atoms with Crippen molar-refractivity contribution in [1.82, 2.24) is 24.6 Å². The number of urea groups is 1. The van der Waals surface area contributed by atoms with Crippen LogP contribution in [0.2, 0.25) is 0 Å². The van der Waals surface area contributed by atoms with Gasteiger partial charge in [0.1, 0.15) is 11.6 Å². The molecule has 2 aromatic rings. The topological polar surface area (TPSA) is 78.8 Å². The van der Waals surface area contributed by atoms with Crippen LogP contribution in [0.1, 0.15) is 49.5 Å². The Kier molecular flexibility index (Phi) is 4.00. The van der Waals surface area contributed by atoms with Gasteiger partial charge in [-0.25, -0.2) is 14.5 Å². The predicted molar refractivity (Wildman–Crippen MR) is 90.6 cm³/mol. The minimum absolute atomic E-state index is 0.0221. The molecule has 2 N–H and O–H groups in total. The number of carbonyl (C=O) groups is 1. The van der Waals surface area contributed by atoms with E-state index in [0.29, 0.717) is 5.92 Å². The van der Waals surface area contributed by atoms with Gasteiger partial charge in [0.05, 0.1) is 12.2 Å². The second-order valence-electron chi connectivity index (χ2n) is 6.91. The number of aromatic amines is 1. The number of imidazole rings is 1. The number of nitrogens with one attached hydrogen (secondary N) is 2. The average Bonchev–Trinajstić information content (AvgIpc) is 3.12. The zero-order chi connectivity index (χ0) is 16.5. The largest absolute Gasteiger partial charge is 0.347 e. The molecule has 3 heterocycles. The zero-order valence-electron chi connectivity index (χ0n) is 14.0. The van der Waals surface area contributed by atoms with Gasteiger partial charge in [0.25, 0.3) is 0 Å². The Morgan fingerprint density at radius 1 is 1.38 bits per heavy atom. The summed E-state index contributed by atoms with van der Waals surface area (Å²) in [6.45, 7) is 3.64. The van der Waals surface area contributed by atoms with E-state index < -0.39 is 0 Å². The van der Waals surface area contributed by atoms with Crippen LogP contribution in [-0.4, -0.2) is 37.2 Å². The molecule has 7 heteroatoms. The number of hydrogen-bond acceptors (Lipinski definition) is 3. The van der Waals surface area contributed by atoms with Crippen molar-refractivity contribution in [3.05, 3.63) is 30.0 Å². The number of aryl methyl sites for hydroxylation is 1. The third-order valence-electron chi connectivity index (χ3n) is 4.97. The Bertz CT molecular complexity index is 703. The first-order valence-electron chi connectivity index (χ1n) is 8.81. The molecule has 24 heavy (non-hydrogen) atoms. The Morgan fingerprint density at radius 2 is 2.25 bits per heavy atom. The van der Waals surface area contributed by atoms with Crippen molar-refractivity contribution in [1.29, 1.82) is 0 Å². The minimum atomic E-state index is -0.0586. The van der Waals surface area contributed by atoms with Crippen molar-refractivity contribution < 1.29 is 4.79 Å². The molecular weight excluding hydrogens is 304 g/mol. The lowest BCUT2D eigenvalue weighted by Crippen LogP contribution is -2.42. The molecule has 1 aliphatic carbocycles. The summed E-state index contributed by atoms with van der Waals surface area (Å²) < 4.78 is 1.94. The smallest absolute Gasteiger partial charge is 0.323 e. The van der Waals surface area contributed by atoms with Crippen molar-refractivity contribution in [2.24, 2.45) is 5.92 Å². The summed E-state index contributed by atoms with van der Waals surface area (Å²) in [6, 6.07) is -0.0365. The van der Waals surface area contributed by atoms with Gasteiger partial charge in [0.2, 0.25) is 0 Å². The fourth-order valence-corrected chi connectivity index (χ4v) is 3.42. The molecule has 1 aliphatic heterocycles. The molecule has 2 aliphatic rings. The second kappa shape index (κ2) is 6.30. The van der Waals surface area contributed by atoms with Gasteiger partial charge in [-0.05, 0) is 44.9 Å². The highest BCUT2D eigenvalue weighted by molar-refractivity contribution is 5.89. The Labute approximate surface area is 141 Å². The highest BCUT2D eigenvalue weighted by Crippen LogP contribution is 2.33. The van der Waals surface area contributed by atoms with E-state index in [1.165, 1.54) is 12.8 Å². The summed E-state index contributed by atoms with van der Waals surface area (Å²) in [4.78, 5) is 22.3. The van der Waals surface area contributed by atoms with Crippen LogP contribution in [0.15, 0.2) is 18.6 Å². The van der Waals surface area contributed by atoms with E-state index in [0.717, 1.165) is 49.6 Å². The molecule has 2 amide bonds. The number of amides is 2. The maximum Gasteiger partial charge on any atom is 0.323 e. The predicted octanol–water partition coefficient (Wildman–Crippen LogP) is 3.08. The number of rotatable bonds is 4. The van der Waals surface area contributed by atoms with Gasteiger partial charge in [-0.2, -0.15) is 5.10 Å². The number of H-pyrrole nitrogens is 1. The van der Waals surface area contributed by atoms with Gasteiger partial charge < -0.3 is 9.88 Å². The van der Waals surface area contributed by atoms with E-state index in [-0.39, 0.29) is 12.1 Å². The molecule has 1 saturated heterocycles. The lowest BCUT2D eigenvalue weighted by atomic mass is 10.0. The molecule has 7 nitrogen and oxygen atoms in total. The van der Waals surface area contributed by atoms with Gasteiger partial charge >= 0.3 is 6.03 Å². The number of aromatic nitrogens is 4. The third kappa shape index (κ3) is 3.02. The van der Waals surface area contributed by atoms with Gasteiger partial charge in [-0.1, -0.05) is 0 Å². The van der Waals surface area contributed by atoms with E-state index in [9.17, 15) is 4.79 Å². The van der Waals surface area contributed by atoms with Gasteiger partial charge in [-0.3, -0.25) is 5.32 Å². The lowest BCUT2D eigenvalue weighted by Gasteiger charge is -2.34. The molecule has 0 radical (unpaired) electrons. The van der Waals surface area contributed by atoms with Crippen LogP contribution in [0.3, 0.4) is 0 Å². The van der Waals surface area contributed by atoms with Crippen LogP contribution in [0.5, 0.6) is 0 Å². The maximum absolute atomic E-state index is 12.9. The van der Waals surface area contributed by atoms with E-state index in [1.807, 2.05) is 28.9 Å². The van der Waals surface area contributed by atoms with Crippen LogP contribution < -0.4 is 5.32 Å². The first kappa shape index (κ1) is 15.2. The quantitative estimate of drug-likeness (QED) is 0.905. The summed E-state index contributed by atoms with van der Waals surface area (Å²) in [7, 11) is 0. The number of hydrogen-bond donors (Lipinski definition) is 2. The first-order valence-corrected chi connectivity index (χ1v) is 8.81. The molecule has 2 aromatic heterocycles. The van der Waals surface area contributed by atoms with E-state index in [4.69, 9.17) is 0 Å².